The minimum absolute atomic E-state index is 0.0705. The molecule has 34 heavy (non-hydrogen) atoms. The molecule has 0 fully saturated rings. The molecule has 0 saturated carbocycles. The van der Waals surface area contributed by atoms with Crippen LogP contribution < -0.4 is 11.1 Å². The molecule has 0 saturated heterocycles. The minimum atomic E-state index is -4.67. The van der Waals surface area contributed by atoms with Crippen molar-refractivity contribution >= 4 is 39.3 Å². The average molecular weight is 491 g/mol. The highest BCUT2D eigenvalue weighted by atomic mass is 35.5. The second kappa shape index (κ2) is 8.94. The van der Waals surface area contributed by atoms with E-state index in [1.807, 2.05) is 6.92 Å². The fourth-order valence-electron chi connectivity index (χ4n) is 3.74. The van der Waals surface area contributed by atoms with Gasteiger partial charge in [-0.15, -0.1) is 0 Å². The third-order valence-electron chi connectivity index (χ3n) is 5.25. The first-order valence-corrected chi connectivity index (χ1v) is 10.7. The normalized spacial score (nSPS) is 11.8. The van der Waals surface area contributed by atoms with Crippen LogP contribution >= 0.6 is 11.6 Å². The van der Waals surface area contributed by atoms with Gasteiger partial charge in [0.2, 0.25) is 0 Å². The molecule has 0 aliphatic heterocycles. The zero-order valence-electron chi connectivity index (χ0n) is 17.8. The maximum Gasteiger partial charge on any atom is 0.418 e. The molecule has 2 aromatic carbocycles. The predicted octanol–water partition coefficient (Wildman–Crippen LogP) is 4.49. The monoisotopic (exact) mass is 490 g/mol. The number of para-hydroxylation sites is 1. The van der Waals surface area contributed by atoms with Gasteiger partial charge in [-0.1, -0.05) is 30.7 Å². The van der Waals surface area contributed by atoms with Crippen LogP contribution in [0.1, 0.15) is 35.1 Å². The van der Waals surface area contributed by atoms with E-state index in [0.717, 1.165) is 12.1 Å². The molecular weight excluding hydrogens is 473 g/mol. The van der Waals surface area contributed by atoms with Gasteiger partial charge >= 0.3 is 6.18 Å². The van der Waals surface area contributed by atoms with Gasteiger partial charge in [0.1, 0.15) is 11.4 Å². The van der Waals surface area contributed by atoms with Gasteiger partial charge in [-0.05, 0) is 42.1 Å². The van der Waals surface area contributed by atoms with Crippen LogP contribution in [0.3, 0.4) is 0 Å². The molecule has 2 N–H and O–H groups in total. The van der Waals surface area contributed by atoms with Gasteiger partial charge < -0.3 is 14.9 Å². The number of fused-ring (bicyclic) bond motifs is 2. The lowest BCUT2D eigenvalue weighted by Crippen LogP contribution is -2.36. The summed E-state index contributed by atoms with van der Waals surface area (Å²) in [6, 6.07) is 9.20. The number of aromatic amines is 2. The maximum atomic E-state index is 13.3. The summed E-state index contributed by atoms with van der Waals surface area (Å²) in [7, 11) is 0. The first kappa shape index (κ1) is 23.5. The Morgan fingerprint density at radius 3 is 2.56 bits per heavy atom. The van der Waals surface area contributed by atoms with Gasteiger partial charge in [-0.2, -0.15) is 13.2 Å². The molecule has 1 amide bonds. The Kier molecular flexibility index (Phi) is 6.18. The highest BCUT2D eigenvalue weighted by molar-refractivity contribution is 6.31. The van der Waals surface area contributed by atoms with Crippen LogP contribution in [0, 0.1) is 0 Å². The Morgan fingerprint density at radius 1 is 1.09 bits per heavy atom. The number of halogens is 4. The minimum Gasteiger partial charge on any atom is -0.331 e. The third-order valence-corrected chi connectivity index (χ3v) is 5.49. The van der Waals surface area contributed by atoms with Crippen LogP contribution in [0.4, 0.5) is 13.2 Å². The lowest BCUT2D eigenvalue weighted by molar-refractivity contribution is -0.136. The molecule has 7 nitrogen and oxygen atoms in total. The van der Waals surface area contributed by atoms with E-state index in [2.05, 4.69) is 15.0 Å². The highest BCUT2D eigenvalue weighted by Gasteiger charge is 2.33. The van der Waals surface area contributed by atoms with Gasteiger partial charge in [0.05, 0.1) is 28.5 Å². The summed E-state index contributed by atoms with van der Waals surface area (Å²) < 4.78 is 39.9. The second-order valence-corrected chi connectivity index (χ2v) is 8.12. The summed E-state index contributed by atoms with van der Waals surface area (Å²) in [5.41, 5.74) is -2.71. The molecule has 0 radical (unpaired) electrons. The van der Waals surface area contributed by atoms with Gasteiger partial charge in [0.15, 0.2) is 0 Å². The molecular formula is C23H18ClF3N4O3. The van der Waals surface area contributed by atoms with Crippen molar-refractivity contribution in [1.29, 1.82) is 0 Å². The number of benzene rings is 2. The largest absolute Gasteiger partial charge is 0.418 e. The molecule has 0 aliphatic rings. The number of carbonyl (C=O) groups is 1. The van der Waals surface area contributed by atoms with Crippen LogP contribution in [0.2, 0.25) is 5.02 Å². The van der Waals surface area contributed by atoms with E-state index in [1.54, 1.807) is 6.07 Å². The first-order chi connectivity index (χ1) is 16.1. The van der Waals surface area contributed by atoms with Crippen molar-refractivity contribution < 1.29 is 18.0 Å². The van der Waals surface area contributed by atoms with Crippen LogP contribution in [-0.4, -0.2) is 32.3 Å². The molecule has 11 heteroatoms. The van der Waals surface area contributed by atoms with Crippen molar-refractivity contribution in [3.8, 4) is 0 Å². The topological polar surface area (TPSA) is 98.9 Å². The highest BCUT2D eigenvalue weighted by Crippen LogP contribution is 2.33. The van der Waals surface area contributed by atoms with Crippen molar-refractivity contribution in [2.24, 2.45) is 0 Å². The van der Waals surface area contributed by atoms with E-state index in [9.17, 15) is 27.6 Å². The number of nitrogens with one attached hydrogen (secondary N) is 2. The molecule has 2 heterocycles. The summed E-state index contributed by atoms with van der Waals surface area (Å²) in [5, 5.41) is 0.785. The first-order valence-electron chi connectivity index (χ1n) is 10.3. The molecule has 176 valence electrons. The predicted molar refractivity (Wildman–Crippen MR) is 122 cm³/mol. The molecule has 0 aliphatic carbocycles. The third kappa shape index (κ3) is 4.54. The molecule has 2 aromatic heterocycles. The Labute approximate surface area is 195 Å². The number of alkyl halides is 3. The number of aromatic nitrogens is 3. The van der Waals surface area contributed by atoms with Crippen molar-refractivity contribution in [2.75, 3.05) is 6.54 Å². The number of amides is 1. The number of nitrogens with zero attached hydrogens (tertiary/aromatic N) is 2. The van der Waals surface area contributed by atoms with Crippen molar-refractivity contribution in [1.82, 2.24) is 19.9 Å². The number of pyridine rings is 1. The zero-order valence-corrected chi connectivity index (χ0v) is 18.5. The standard InChI is InChI=1S/C23H18ClF3N4O3/c1-2-8-31(11-18-28-17-10-13(24)6-7-14(17)20(32)29-18)22(34)15-9-12-4-3-5-16(23(25,26)27)19(12)30-21(15)33/h3-7,9-10H,2,8,11H2,1H3,(H,30,33)(H,28,29,32). The fraction of sp³-hybridized carbons (Fsp3) is 0.217. The number of carbonyl (C=O) groups excluding carboxylic acids is 1. The Hall–Kier alpha value is -3.66. The van der Waals surface area contributed by atoms with Crippen LogP contribution in [0.5, 0.6) is 0 Å². The van der Waals surface area contributed by atoms with E-state index in [-0.39, 0.29) is 29.9 Å². The molecule has 0 bridgehead atoms. The van der Waals surface area contributed by atoms with Crippen molar-refractivity contribution in [3.63, 3.8) is 0 Å². The molecule has 4 rings (SSSR count). The average Bonchev–Trinajstić information content (AvgIpc) is 2.76. The molecule has 0 atom stereocenters. The fourth-order valence-corrected chi connectivity index (χ4v) is 3.90. The van der Waals surface area contributed by atoms with E-state index in [4.69, 9.17) is 11.6 Å². The summed E-state index contributed by atoms with van der Waals surface area (Å²) in [6.45, 7) is 1.91. The lowest BCUT2D eigenvalue weighted by atomic mass is 10.1. The lowest BCUT2D eigenvalue weighted by Gasteiger charge is -2.22. The Morgan fingerprint density at radius 2 is 1.85 bits per heavy atom. The SMILES string of the molecule is CCCN(Cc1nc2cc(Cl)ccc2c(=O)[nH]1)C(=O)c1cc2cccc(C(F)(F)F)c2[nH]c1=O. The Bertz CT molecular complexity index is 1530. The molecule has 0 spiro atoms. The smallest absolute Gasteiger partial charge is 0.331 e. The number of rotatable bonds is 5. The summed E-state index contributed by atoms with van der Waals surface area (Å²) >= 11 is 5.99. The van der Waals surface area contributed by atoms with Gasteiger partial charge in [-0.25, -0.2) is 4.98 Å². The number of H-pyrrole nitrogens is 2. The van der Waals surface area contributed by atoms with Crippen LogP contribution in [-0.2, 0) is 12.7 Å². The summed E-state index contributed by atoms with van der Waals surface area (Å²) in [5.74, 6) is -0.519. The zero-order chi connectivity index (χ0) is 24.6. The quantitative estimate of drug-likeness (QED) is 0.430. The van der Waals surface area contributed by atoms with Crippen LogP contribution in [0.25, 0.3) is 21.8 Å². The van der Waals surface area contributed by atoms with Gasteiger partial charge in [-0.3, -0.25) is 14.4 Å². The Balaban J connectivity index is 1.74. The van der Waals surface area contributed by atoms with E-state index >= 15 is 0 Å². The maximum absolute atomic E-state index is 13.3. The molecule has 4 aromatic rings. The number of hydrogen-bond donors (Lipinski definition) is 2. The molecule has 0 unspecified atom stereocenters. The van der Waals surface area contributed by atoms with Crippen molar-refractivity contribution in [2.45, 2.75) is 26.1 Å². The van der Waals surface area contributed by atoms with E-state index in [0.29, 0.717) is 22.3 Å². The van der Waals surface area contributed by atoms with Gasteiger partial charge in [0.25, 0.3) is 17.0 Å². The van der Waals surface area contributed by atoms with E-state index in [1.165, 1.54) is 29.2 Å². The summed E-state index contributed by atoms with van der Waals surface area (Å²) in [6.07, 6.45) is -4.14. The van der Waals surface area contributed by atoms with Gasteiger partial charge in [0, 0.05) is 11.6 Å². The van der Waals surface area contributed by atoms with Crippen LogP contribution in [0.15, 0.2) is 52.1 Å². The second-order valence-electron chi connectivity index (χ2n) is 7.68. The van der Waals surface area contributed by atoms with Crippen molar-refractivity contribution in [3.05, 3.63) is 85.1 Å². The van der Waals surface area contributed by atoms with E-state index < -0.39 is 34.3 Å². The number of hydrogen-bond acceptors (Lipinski definition) is 4. The summed E-state index contributed by atoms with van der Waals surface area (Å²) in [4.78, 5) is 48.8.